The van der Waals surface area contributed by atoms with Gasteiger partial charge in [-0.15, -0.1) is 0 Å². The highest BCUT2D eigenvalue weighted by Crippen LogP contribution is 2.32. The molecule has 0 bridgehead atoms. The number of benzene rings is 3. The molecule has 2 heterocycles. The number of anilines is 1. The number of aromatic nitrogens is 3. The molecule has 3 aromatic carbocycles. The summed E-state index contributed by atoms with van der Waals surface area (Å²) in [6.07, 6.45) is 2.78. The molecule has 1 amide bonds. The van der Waals surface area contributed by atoms with Crippen molar-refractivity contribution in [2.75, 3.05) is 12.4 Å². The van der Waals surface area contributed by atoms with Crippen molar-refractivity contribution in [2.45, 2.75) is 19.9 Å². The minimum absolute atomic E-state index is 0.0881. The first-order valence-electron chi connectivity index (χ1n) is 10.9. The van der Waals surface area contributed by atoms with Gasteiger partial charge in [0.05, 0.1) is 18.1 Å². The summed E-state index contributed by atoms with van der Waals surface area (Å²) in [7, 11) is 1.61. The molecule has 0 unspecified atom stereocenters. The third-order valence-electron chi connectivity index (χ3n) is 5.76. The van der Waals surface area contributed by atoms with Crippen LogP contribution in [0.1, 0.15) is 12.5 Å². The fourth-order valence-electron chi connectivity index (χ4n) is 4.06. The Morgan fingerprint density at radius 1 is 1.00 bits per heavy atom. The molecule has 6 nitrogen and oxygen atoms in total. The van der Waals surface area contributed by atoms with Crippen molar-refractivity contribution in [1.29, 1.82) is 0 Å². The third-order valence-corrected chi connectivity index (χ3v) is 5.76. The van der Waals surface area contributed by atoms with Gasteiger partial charge in [-0.2, -0.15) is 5.10 Å². The van der Waals surface area contributed by atoms with E-state index in [-0.39, 0.29) is 12.5 Å². The highest BCUT2D eigenvalue weighted by atomic mass is 16.5. The second kappa shape index (κ2) is 8.74. The Balaban J connectivity index is 1.60. The Morgan fingerprint density at radius 2 is 1.79 bits per heavy atom. The number of amides is 1. The van der Waals surface area contributed by atoms with E-state index in [1.54, 1.807) is 11.8 Å². The average Bonchev–Trinajstić information content (AvgIpc) is 3.23. The molecule has 0 aliphatic heterocycles. The molecule has 0 atom stereocenters. The van der Waals surface area contributed by atoms with Gasteiger partial charge in [-0.1, -0.05) is 43.3 Å². The number of aryl methyl sites for hydroxylation is 1. The van der Waals surface area contributed by atoms with Crippen molar-refractivity contribution in [2.24, 2.45) is 0 Å². The second-order valence-corrected chi connectivity index (χ2v) is 7.87. The summed E-state index contributed by atoms with van der Waals surface area (Å²) in [6.45, 7) is 2.22. The van der Waals surface area contributed by atoms with Crippen LogP contribution >= 0.6 is 0 Å². The summed E-state index contributed by atoms with van der Waals surface area (Å²) >= 11 is 0. The molecule has 0 aliphatic carbocycles. The standard InChI is InChI=1S/C27H24N4O2/c1-3-18-9-14-24-22(15-18)27-23(16-28-24)26(19-7-5-4-6-8-19)30-31(27)17-25(32)29-20-10-12-21(33-2)13-11-20/h4-16H,3,17H2,1-2H3,(H,29,32). The van der Waals surface area contributed by atoms with Gasteiger partial charge < -0.3 is 10.1 Å². The van der Waals surface area contributed by atoms with Crippen molar-refractivity contribution < 1.29 is 9.53 Å². The van der Waals surface area contributed by atoms with Crippen LogP contribution in [0.3, 0.4) is 0 Å². The molecule has 1 N–H and O–H groups in total. The molecule has 0 radical (unpaired) electrons. The van der Waals surface area contributed by atoms with Crippen LogP contribution in [0.15, 0.2) is 79.0 Å². The number of ether oxygens (including phenoxy) is 1. The van der Waals surface area contributed by atoms with E-state index in [1.165, 1.54) is 5.56 Å². The van der Waals surface area contributed by atoms with E-state index in [0.717, 1.165) is 45.2 Å². The number of fused-ring (bicyclic) bond motifs is 3. The van der Waals surface area contributed by atoms with Crippen LogP contribution in [-0.2, 0) is 17.8 Å². The molecular formula is C27H24N4O2. The van der Waals surface area contributed by atoms with Gasteiger partial charge in [0.25, 0.3) is 0 Å². The summed E-state index contributed by atoms with van der Waals surface area (Å²) < 4.78 is 6.98. The molecule has 0 aliphatic rings. The summed E-state index contributed by atoms with van der Waals surface area (Å²) in [5, 5.41) is 9.75. The average molecular weight is 437 g/mol. The van der Waals surface area contributed by atoms with E-state index >= 15 is 0 Å². The number of rotatable bonds is 6. The first-order valence-corrected chi connectivity index (χ1v) is 10.9. The molecule has 0 saturated carbocycles. The van der Waals surface area contributed by atoms with Gasteiger partial charge in [-0.25, -0.2) is 0 Å². The molecule has 164 valence electrons. The first kappa shape index (κ1) is 20.7. The minimum Gasteiger partial charge on any atom is -0.497 e. The molecule has 0 saturated heterocycles. The lowest BCUT2D eigenvalue weighted by Gasteiger charge is -2.09. The topological polar surface area (TPSA) is 69.0 Å². The molecule has 5 rings (SSSR count). The number of hydrogen-bond donors (Lipinski definition) is 1. The molecule has 5 aromatic rings. The van der Waals surface area contributed by atoms with Crippen LogP contribution in [0.4, 0.5) is 5.69 Å². The Bertz CT molecular complexity index is 1440. The monoisotopic (exact) mass is 436 g/mol. The van der Waals surface area contributed by atoms with Crippen molar-refractivity contribution in [1.82, 2.24) is 14.8 Å². The molecule has 33 heavy (non-hydrogen) atoms. The summed E-state index contributed by atoms with van der Waals surface area (Å²) in [4.78, 5) is 17.6. The number of nitrogens with zero attached hydrogens (tertiary/aromatic N) is 3. The zero-order valence-electron chi connectivity index (χ0n) is 18.6. The lowest BCUT2D eigenvalue weighted by Crippen LogP contribution is -2.19. The number of hydrogen-bond acceptors (Lipinski definition) is 4. The molecule has 2 aromatic heterocycles. The van der Waals surface area contributed by atoms with Crippen molar-refractivity contribution in [3.8, 4) is 17.0 Å². The van der Waals surface area contributed by atoms with Gasteiger partial charge in [-0.3, -0.25) is 14.5 Å². The van der Waals surface area contributed by atoms with E-state index in [0.29, 0.717) is 5.69 Å². The van der Waals surface area contributed by atoms with E-state index in [1.807, 2.05) is 66.9 Å². The van der Waals surface area contributed by atoms with Crippen LogP contribution in [-0.4, -0.2) is 27.8 Å². The van der Waals surface area contributed by atoms with E-state index in [2.05, 4.69) is 29.4 Å². The summed E-state index contributed by atoms with van der Waals surface area (Å²) in [6, 6.07) is 23.6. The zero-order chi connectivity index (χ0) is 22.8. The molecule has 0 fully saturated rings. The van der Waals surface area contributed by atoms with Crippen LogP contribution in [0, 0.1) is 0 Å². The Kier molecular flexibility index (Phi) is 5.48. The largest absolute Gasteiger partial charge is 0.497 e. The minimum atomic E-state index is -0.152. The van der Waals surface area contributed by atoms with Crippen LogP contribution in [0.5, 0.6) is 5.75 Å². The van der Waals surface area contributed by atoms with E-state index < -0.39 is 0 Å². The lowest BCUT2D eigenvalue weighted by molar-refractivity contribution is -0.116. The fraction of sp³-hybridized carbons (Fsp3) is 0.148. The van der Waals surface area contributed by atoms with E-state index in [4.69, 9.17) is 9.84 Å². The SMILES string of the molecule is CCc1ccc2ncc3c(-c4ccccc4)nn(CC(=O)Nc4ccc(OC)cc4)c3c2c1. The maximum absolute atomic E-state index is 13.0. The number of nitrogens with one attached hydrogen (secondary N) is 1. The third kappa shape index (κ3) is 4.03. The molecule has 6 heteroatoms. The fourth-order valence-corrected chi connectivity index (χ4v) is 4.06. The summed E-state index contributed by atoms with van der Waals surface area (Å²) in [5.41, 5.74) is 5.53. The zero-order valence-corrected chi connectivity index (χ0v) is 18.6. The molecular weight excluding hydrogens is 412 g/mol. The Hall–Kier alpha value is -4.19. The number of methoxy groups -OCH3 is 1. The highest BCUT2D eigenvalue weighted by Gasteiger charge is 2.18. The van der Waals surface area contributed by atoms with Gasteiger partial charge in [-0.05, 0) is 48.4 Å². The van der Waals surface area contributed by atoms with E-state index in [9.17, 15) is 4.79 Å². The maximum atomic E-state index is 13.0. The quantitative estimate of drug-likeness (QED) is 0.384. The van der Waals surface area contributed by atoms with Gasteiger partial charge in [0.1, 0.15) is 18.0 Å². The van der Waals surface area contributed by atoms with Crippen LogP contribution in [0.25, 0.3) is 33.1 Å². The lowest BCUT2D eigenvalue weighted by atomic mass is 10.0. The number of pyridine rings is 1. The Labute approximate surface area is 191 Å². The van der Waals surface area contributed by atoms with Gasteiger partial charge >= 0.3 is 0 Å². The van der Waals surface area contributed by atoms with Crippen LogP contribution < -0.4 is 10.1 Å². The van der Waals surface area contributed by atoms with Crippen molar-refractivity contribution in [3.63, 3.8) is 0 Å². The maximum Gasteiger partial charge on any atom is 0.246 e. The molecule has 0 spiro atoms. The second-order valence-electron chi connectivity index (χ2n) is 7.87. The highest BCUT2D eigenvalue weighted by molar-refractivity contribution is 6.08. The van der Waals surface area contributed by atoms with Gasteiger partial charge in [0.2, 0.25) is 5.91 Å². The van der Waals surface area contributed by atoms with Gasteiger partial charge in [0.15, 0.2) is 0 Å². The smallest absolute Gasteiger partial charge is 0.246 e. The van der Waals surface area contributed by atoms with Crippen LogP contribution in [0.2, 0.25) is 0 Å². The Morgan fingerprint density at radius 3 is 2.52 bits per heavy atom. The first-order chi connectivity index (χ1) is 16.2. The predicted molar refractivity (Wildman–Crippen MR) is 131 cm³/mol. The van der Waals surface area contributed by atoms with Gasteiger partial charge in [0, 0.05) is 28.2 Å². The van der Waals surface area contributed by atoms with Crippen molar-refractivity contribution in [3.05, 3.63) is 84.6 Å². The predicted octanol–water partition coefficient (Wildman–Crippen LogP) is 5.46. The van der Waals surface area contributed by atoms with Crippen molar-refractivity contribution >= 4 is 33.4 Å². The number of carbonyl (C=O) groups is 1. The number of carbonyl (C=O) groups excluding carboxylic acids is 1. The normalized spacial score (nSPS) is 11.1. The summed E-state index contributed by atoms with van der Waals surface area (Å²) in [5.74, 6) is 0.588.